The lowest BCUT2D eigenvalue weighted by atomic mass is 9.89. The molecule has 1 atom stereocenters. The maximum atomic E-state index is 13.4. The van der Waals surface area contributed by atoms with Crippen LogP contribution in [0.1, 0.15) is 64.8 Å². The number of benzene rings is 2. The van der Waals surface area contributed by atoms with Gasteiger partial charge in [0.2, 0.25) is 0 Å². The third-order valence-electron chi connectivity index (χ3n) is 6.09. The average Bonchev–Trinajstić information content (AvgIpc) is 3.64. The first kappa shape index (κ1) is 22.6. The van der Waals surface area contributed by atoms with Gasteiger partial charge in [0.25, 0.3) is 11.5 Å². The summed E-state index contributed by atoms with van der Waals surface area (Å²) in [6.07, 6.45) is 5.78. The number of carbonyl (C=O) groups excluding carboxylic acids is 1. The number of nitrogens with two attached hydrogens (primary N) is 1. The van der Waals surface area contributed by atoms with E-state index in [1.807, 2.05) is 44.2 Å². The van der Waals surface area contributed by atoms with Crippen LogP contribution in [0.15, 0.2) is 59.7 Å². The van der Waals surface area contributed by atoms with Crippen molar-refractivity contribution >= 4 is 11.6 Å². The number of nitrogens with zero attached hydrogens (tertiary/aromatic N) is 2. The molecule has 170 valence electrons. The molecular formula is C26H29N5O2. The van der Waals surface area contributed by atoms with Gasteiger partial charge < -0.3 is 16.5 Å². The Bertz CT molecular complexity index is 1260. The molecule has 0 bridgehead atoms. The Hall–Kier alpha value is -3.58. The molecule has 7 nitrogen and oxygen atoms in total. The summed E-state index contributed by atoms with van der Waals surface area (Å²) in [5, 5.41) is 11.8. The van der Waals surface area contributed by atoms with Crippen LogP contribution in [0.3, 0.4) is 0 Å². The van der Waals surface area contributed by atoms with Gasteiger partial charge in [0.15, 0.2) is 0 Å². The van der Waals surface area contributed by atoms with Crippen LogP contribution >= 0.6 is 0 Å². The number of amides is 1. The van der Waals surface area contributed by atoms with Gasteiger partial charge in [0, 0.05) is 36.5 Å². The van der Waals surface area contributed by atoms with E-state index in [0.29, 0.717) is 24.2 Å². The molecule has 0 spiro atoms. The van der Waals surface area contributed by atoms with E-state index in [0.717, 1.165) is 29.5 Å². The summed E-state index contributed by atoms with van der Waals surface area (Å²) < 4.78 is 1.48. The van der Waals surface area contributed by atoms with Crippen molar-refractivity contribution in [2.75, 3.05) is 0 Å². The smallest absolute Gasteiger partial charge is 0.282 e. The van der Waals surface area contributed by atoms with E-state index in [2.05, 4.69) is 10.3 Å². The lowest BCUT2D eigenvalue weighted by Crippen LogP contribution is -2.30. The number of rotatable bonds is 8. The number of aryl methyl sites for hydroxylation is 1. The van der Waals surface area contributed by atoms with Crippen molar-refractivity contribution < 1.29 is 4.79 Å². The van der Waals surface area contributed by atoms with E-state index in [1.54, 1.807) is 18.3 Å². The summed E-state index contributed by atoms with van der Waals surface area (Å²) in [7, 11) is 0. The van der Waals surface area contributed by atoms with Crippen LogP contribution in [0.5, 0.6) is 0 Å². The molecule has 0 radical (unpaired) electrons. The van der Waals surface area contributed by atoms with Crippen LogP contribution in [0, 0.1) is 12.3 Å². The van der Waals surface area contributed by atoms with Crippen molar-refractivity contribution in [1.29, 1.82) is 5.41 Å². The maximum absolute atomic E-state index is 13.4. The second-order valence-corrected chi connectivity index (χ2v) is 8.52. The van der Waals surface area contributed by atoms with Crippen molar-refractivity contribution in [3.8, 4) is 5.69 Å². The average molecular weight is 444 g/mol. The fraction of sp³-hybridized carbons (Fsp3) is 0.308. The molecule has 0 aliphatic heterocycles. The molecule has 3 aromatic rings. The summed E-state index contributed by atoms with van der Waals surface area (Å²) in [5.41, 5.74) is 9.58. The van der Waals surface area contributed by atoms with Gasteiger partial charge in [-0.05, 0) is 55.0 Å². The molecule has 0 saturated heterocycles. The Kier molecular flexibility index (Phi) is 6.51. The molecule has 7 heteroatoms. The van der Waals surface area contributed by atoms with Gasteiger partial charge in [-0.1, -0.05) is 37.3 Å². The predicted octanol–water partition coefficient (Wildman–Crippen LogP) is 3.45. The number of hydrogen-bond donors (Lipinski definition) is 3. The molecule has 1 amide bonds. The second-order valence-electron chi connectivity index (χ2n) is 8.52. The number of carbonyl (C=O) groups is 1. The van der Waals surface area contributed by atoms with Gasteiger partial charge >= 0.3 is 0 Å². The number of nitrogens with one attached hydrogen (secondary N) is 2. The topological polar surface area (TPSA) is 114 Å². The highest BCUT2D eigenvalue weighted by molar-refractivity contribution is 6.01. The van der Waals surface area contributed by atoms with E-state index in [1.165, 1.54) is 10.8 Å². The summed E-state index contributed by atoms with van der Waals surface area (Å²) in [6.45, 7) is 4.29. The molecule has 4 rings (SSSR count). The monoisotopic (exact) mass is 443 g/mol. The molecule has 4 N–H and O–H groups in total. The van der Waals surface area contributed by atoms with E-state index in [4.69, 9.17) is 11.1 Å². The minimum atomic E-state index is -0.376. The van der Waals surface area contributed by atoms with Crippen molar-refractivity contribution in [2.45, 2.75) is 51.6 Å². The minimum Gasteiger partial charge on any atom is -0.349 e. The third kappa shape index (κ3) is 4.78. The zero-order valence-electron chi connectivity index (χ0n) is 19.0. The molecule has 1 aliphatic carbocycles. The van der Waals surface area contributed by atoms with E-state index in [-0.39, 0.29) is 34.8 Å². The molecule has 1 unspecified atom stereocenters. The van der Waals surface area contributed by atoms with Crippen molar-refractivity contribution in [2.24, 2.45) is 5.73 Å². The highest BCUT2D eigenvalue weighted by Crippen LogP contribution is 2.24. The molecule has 1 heterocycles. The zero-order chi connectivity index (χ0) is 23.5. The minimum absolute atomic E-state index is 0.106. The van der Waals surface area contributed by atoms with Crippen molar-refractivity contribution in [3.63, 3.8) is 0 Å². The van der Waals surface area contributed by atoms with Crippen LogP contribution in [-0.2, 0) is 6.54 Å². The van der Waals surface area contributed by atoms with Gasteiger partial charge in [0.1, 0.15) is 5.69 Å². The first-order valence-electron chi connectivity index (χ1n) is 11.3. The van der Waals surface area contributed by atoms with E-state index < -0.39 is 0 Å². The van der Waals surface area contributed by atoms with Crippen LogP contribution < -0.4 is 16.6 Å². The lowest BCUT2D eigenvalue weighted by molar-refractivity contribution is 0.0951. The van der Waals surface area contributed by atoms with E-state index >= 15 is 0 Å². The van der Waals surface area contributed by atoms with Gasteiger partial charge in [-0.2, -0.15) is 0 Å². The molecular weight excluding hydrogens is 414 g/mol. The molecule has 1 fully saturated rings. The molecule has 1 aliphatic rings. The first-order valence-corrected chi connectivity index (χ1v) is 11.3. The molecule has 2 aromatic carbocycles. The van der Waals surface area contributed by atoms with Crippen LogP contribution in [0.2, 0.25) is 0 Å². The Balaban J connectivity index is 1.71. The second kappa shape index (κ2) is 9.50. The van der Waals surface area contributed by atoms with Crippen LogP contribution in [0.4, 0.5) is 0 Å². The Labute approximate surface area is 193 Å². The van der Waals surface area contributed by atoms with E-state index in [9.17, 15) is 9.59 Å². The maximum Gasteiger partial charge on any atom is 0.282 e. The lowest BCUT2D eigenvalue weighted by Gasteiger charge is -2.18. The number of hydrogen-bond acceptors (Lipinski definition) is 5. The largest absolute Gasteiger partial charge is 0.349 e. The molecule has 1 aromatic heterocycles. The highest BCUT2D eigenvalue weighted by Gasteiger charge is 2.25. The van der Waals surface area contributed by atoms with Gasteiger partial charge in [-0.25, -0.2) is 4.98 Å². The predicted molar refractivity (Wildman–Crippen MR) is 129 cm³/mol. The van der Waals surface area contributed by atoms with Gasteiger partial charge in [-0.3, -0.25) is 14.2 Å². The van der Waals surface area contributed by atoms with Gasteiger partial charge in [-0.15, -0.1) is 0 Å². The SMILES string of the molecule is CCC(C(=N)c1nccn(-c2cc(C(=O)NC3CC3)ccc2C)c1=O)c1cccc(CN)c1. The molecule has 33 heavy (non-hydrogen) atoms. The normalized spacial score (nSPS) is 14.0. The Morgan fingerprint density at radius 3 is 2.76 bits per heavy atom. The fourth-order valence-corrected chi connectivity index (χ4v) is 4.00. The fourth-order valence-electron chi connectivity index (χ4n) is 4.00. The Morgan fingerprint density at radius 1 is 1.27 bits per heavy atom. The summed E-state index contributed by atoms with van der Waals surface area (Å²) in [4.78, 5) is 30.3. The quantitative estimate of drug-likeness (QED) is 0.463. The first-order chi connectivity index (χ1) is 15.9. The molecule has 1 saturated carbocycles. The highest BCUT2D eigenvalue weighted by atomic mass is 16.2. The summed E-state index contributed by atoms with van der Waals surface area (Å²) in [6, 6.07) is 13.4. The summed E-state index contributed by atoms with van der Waals surface area (Å²) in [5.74, 6) is -0.413. The Morgan fingerprint density at radius 2 is 2.06 bits per heavy atom. The van der Waals surface area contributed by atoms with Crippen LogP contribution in [0.25, 0.3) is 5.69 Å². The van der Waals surface area contributed by atoms with Crippen molar-refractivity contribution in [3.05, 3.63) is 93.2 Å². The van der Waals surface area contributed by atoms with Crippen molar-refractivity contribution in [1.82, 2.24) is 14.9 Å². The number of aromatic nitrogens is 2. The summed E-state index contributed by atoms with van der Waals surface area (Å²) >= 11 is 0. The zero-order valence-corrected chi connectivity index (χ0v) is 19.0. The standard InChI is InChI=1S/C26H29N5O2/c1-3-21(18-6-4-5-17(13-18)15-27)23(28)24-26(33)31(12-11-29-24)22-14-19(8-7-16(22)2)25(32)30-20-9-10-20/h4-8,11-14,20-21,28H,3,9-10,15,27H2,1-2H3,(H,30,32). The van der Waals surface area contributed by atoms with Crippen LogP contribution in [-0.4, -0.2) is 27.2 Å². The third-order valence-corrected chi connectivity index (χ3v) is 6.09. The van der Waals surface area contributed by atoms with Gasteiger partial charge in [0.05, 0.1) is 11.4 Å².